The molecule has 1 N–H and O–H groups in total. The van der Waals surface area contributed by atoms with Gasteiger partial charge in [0.1, 0.15) is 5.58 Å². The lowest BCUT2D eigenvalue weighted by atomic mass is 10.1. The first-order valence-corrected chi connectivity index (χ1v) is 11.7. The number of hydrogen-bond acceptors (Lipinski definition) is 6. The minimum Gasteiger partial charge on any atom is -0.476 e. The van der Waals surface area contributed by atoms with E-state index in [9.17, 15) is 14.4 Å². The maximum absolute atomic E-state index is 13.4. The molecule has 1 aromatic heterocycles. The van der Waals surface area contributed by atoms with Gasteiger partial charge in [-0.15, -0.1) is 0 Å². The predicted octanol–water partition coefficient (Wildman–Crippen LogP) is 5.92. The second-order valence-corrected chi connectivity index (χ2v) is 8.56. The summed E-state index contributed by atoms with van der Waals surface area (Å²) in [5, 5.41) is 3.30. The number of hydrogen-bond donors (Lipinski definition) is 1. The van der Waals surface area contributed by atoms with Crippen LogP contribution in [0.3, 0.4) is 0 Å². The van der Waals surface area contributed by atoms with Crippen LogP contribution in [0, 0.1) is 13.8 Å². The van der Waals surface area contributed by atoms with Crippen LogP contribution in [-0.4, -0.2) is 25.1 Å². The minimum absolute atomic E-state index is 0.111. The van der Waals surface area contributed by atoms with E-state index >= 15 is 0 Å². The number of carbonyl (C=O) groups excluding carboxylic acids is 2. The van der Waals surface area contributed by atoms with Gasteiger partial charge in [0, 0.05) is 10.6 Å². The molecule has 0 fully saturated rings. The fourth-order valence-electron chi connectivity index (χ4n) is 3.63. The van der Waals surface area contributed by atoms with Gasteiger partial charge in [0.2, 0.25) is 11.2 Å². The summed E-state index contributed by atoms with van der Waals surface area (Å²) < 4.78 is 16.9. The Morgan fingerprint density at radius 2 is 1.75 bits per heavy atom. The van der Waals surface area contributed by atoms with Crippen molar-refractivity contribution in [1.29, 1.82) is 0 Å². The smallest absolute Gasteiger partial charge is 0.340 e. The lowest BCUT2D eigenvalue weighted by Gasteiger charge is -2.13. The van der Waals surface area contributed by atoms with E-state index in [4.69, 9.17) is 25.5 Å². The average Bonchev–Trinajstić information content (AvgIpc) is 2.85. The van der Waals surface area contributed by atoms with Crippen molar-refractivity contribution < 1.29 is 23.5 Å². The van der Waals surface area contributed by atoms with Gasteiger partial charge in [-0.05, 0) is 50.6 Å². The summed E-state index contributed by atoms with van der Waals surface area (Å²) in [6, 6.07) is 17.1. The highest BCUT2D eigenvalue weighted by molar-refractivity contribution is 6.32. The second-order valence-electron chi connectivity index (χ2n) is 8.16. The van der Waals surface area contributed by atoms with Crippen molar-refractivity contribution in [3.63, 3.8) is 0 Å². The average molecular weight is 506 g/mol. The van der Waals surface area contributed by atoms with Crippen molar-refractivity contribution in [2.45, 2.75) is 20.8 Å². The highest BCUT2D eigenvalue weighted by Gasteiger charge is 2.21. The molecule has 0 saturated heterocycles. The molecule has 0 unspecified atom stereocenters. The Labute approximate surface area is 212 Å². The molecule has 4 rings (SSSR count). The number of halogens is 1. The zero-order valence-corrected chi connectivity index (χ0v) is 20.8. The zero-order chi connectivity index (χ0) is 25.8. The summed E-state index contributed by atoms with van der Waals surface area (Å²) >= 11 is 6.24. The molecule has 0 aliphatic rings. The molecule has 4 aromatic rings. The van der Waals surface area contributed by atoms with Crippen LogP contribution in [-0.2, 0) is 9.53 Å². The fraction of sp³-hybridized carbons (Fsp3) is 0.179. The van der Waals surface area contributed by atoms with E-state index < -0.39 is 23.9 Å². The summed E-state index contributed by atoms with van der Waals surface area (Å²) in [4.78, 5) is 38.3. The van der Waals surface area contributed by atoms with Crippen LogP contribution in [0.25, 0.3) is 22.3 Å². The van der Waals surface area contributed by atoms with Crippen LogP contribution in [0.4, 0.5) is 5.69 Å². The van der Waals surface area contributed by atoms with Crippen molar-refractivity contribution in [2.75, 3.05) is 18.5 Å². The number of benzene rings is 3. The lowest BCUT2D eigenvalue weighted by molar-refractivity contribution is -0.118. The summed E-state index contributed by atoms with van der Waals surface area (Å²) in [6.07, 6.45) is 0. The van der Waals surface area contributed by atoms with E-state index in [1.165, 1.54) is 6.07 Å². The van der Waals surface area contributed by atoms with E-state index in [2.05, 4.69) is 5.32 Å². The molecule has 184 valence electrons. The van der Waals surface area contributed by atoms with E-state index in [-0.39, 0.29) is 34.8 Å². The standard InChI is InChI=1S/C28H24ClNO6/c1-4-34-28(33)19-7-5-6-8-22(19)30-24(31)15-35-27-25(32)20-14-21(29)17(3)13-23(20)36-26(27)18-11-9-16(2)10-12-18/h5-14H,4,15H2,1-3H3,(H,30,31). The van der Waals surface area contributed by atoms with Crippen LogP contribution >= 0.6 is 11.6 Å². The molecule has 0 radical (unpaired) electrons. The van der Waals surface area contributed by atoms with E-state index in [1.54, 1.807) is 37.3 Å². The van der Waals surface area contributed by atoms with Crippen molar-refractivity contribution in [3.8, 4) is 17.1 Å². The van der Waals surface area contributed by atoms with Gasteiger partial charge in [-0.2, -0.15) is 0 Å². The van der Waals surface area contributed by atoms with Gasteiger partial charge < -0.3 is 19.2 Å². The Morgan fingerprint density at radius 3 is 2.47 bits per heavy atom. The Balaban J connectivity index is 1.67. The number of para-hydroxylation sites is 1. The van der Waals surface area contributed by atoms with Gasteiger partial charge in [0.05, 0.1) is 23.2 Å². The minimum atomic E-state index is -0.567. The van der Waals surface area contributed by atoms with Gasteiger partial charge >= 0.3 is 5.97 Å². The summed E-state index contributed by atoms with van der Waals surface area (Å²) in [5.41, 5.74) is 2.81. The number of anilines is 1. The molecule has 8 heteroatoms. The summed E-state index contributed by atoms with van der Waals surface area (Å²) in [6.45, 7) is 5.17. The lowest BCUT2D eigenvalue weighted by Crippen LogP contribution is -2.24. The van der Waals surface area contributed by atoms with Gasteiger partial charge in [-0.1, -0.05) is 53.6 Å². The number of fused-ring (bicyclic) bond motifs is 1. The molecule has 3 aromatic carbocycles. The van der Waals surface area contributed by atoms with Crippen molar-refractivity contribution in [2.24, 2.45) is 0 Å². The van der Waals surface area contributed by atoms with E-state index in [1.807, 2.05) is 38.1 Å². The highest BCUT2D eigenvalue weighted by Crippen LogP contribution is 2.33. The van der Waals surface area contributed by atoms with Crippen LogP contribution in [0.5, 0.6) is 5.75 Å². The van der Waals surface area contributed by atoms with Gasteiger partial charge in [0.25, 0.3) is 5.91 Å². The molecule has 0 aliphatic heterocycles. The molecule has 1 amide bonds. The van der Waals surface area contributed by atoms with E-state index in [0.29, 0.717) is 16.2 Å². The van der Waals surface area contributed by atoms with Crippen LogP contribution in [0.15, 0.2) is 69.9 Å². The number of carbonyl (C=O) groups is 2. The molecule has 0 saturated carbocycles. The molecule has 7 nitrogen and oxygen atoms in total. The molecule has 0 atom stereocenters. The number of amides is 1. The maximum Gasteiger partial charge on any atom is 0.340 e. The Bertz CT molecular complexity index is 1510. The third-order valence-corrected chi connectivity index (χ3v) is 5.89. The molecule has 0 spiro atoms. The Kier molecular flexibility index (Phi) is 7.41. The number of nitrogens with one attached hydrogen (secondary N) is 1. The SMILES string of the molecule is CCOC(=O)c1ccccc1NC(=O)COc1c(-c2ccc(C)cc2)oc2cc(C)c(Cl)cc2c1=O. The fourth-order valence-corrected chi connectivity index (χ4v) is 3.79. The first-order chi connectivity index (χ1) is 17.3. The molecule has 0 aliphatic carbocycles. The summed E-state index contributed by atoms with van der Waals surface area (Å²) in [7, 11) is 0. The third-order valence-electron chi connectivity index (χ3n) is 5.49. The predicted molar refractivity (Wildman–Crippen MR) is 139 cm³/mol. The molecular formula is C28H24ClNO6. The number of rotatable bonds is 7. The highest BCUT2D eigenvalue weighted by atomic mass is 35.5. The van der Waals surface area contributed by atoms with Crippen molar-refractivity contribution in [1.82, 2.24) is 0 Å². The van der Waals surface area contributed by atoms with Crippen molar-refractivity contribution >= 4 is 40.1 Å². The molecule has 36 heavy (non-hydrogen) atoms. The van der Waals surface area contributed by atoms with Gasteiger partial charge in [-0.25, -0.2) is 4.79 Å². The molecule has 1 heterocycles. The molecular weight excluding hydrogens is 482 g/mol. The van der Waals surface area contributed by atoms with E-state index in [0.717, 1.165) is 11.1 Å². The van der Waals surface area contributed by atoms with Crippen LogP contribution < -0.4 is 15.5 Å². The maximum atomic E-state index is 13.4. The quantitative estimate of drug-likeness (QED) is 0.313. The van der Waals surface area contributed by atoms with Gasteiger partial charge in [0.15, 0.2) is 12.4 Å². The number of ether oxygens (including phenoxy) is 2. The Hall–Kier alpha value is -4.10. The largest absolute Gasteiger partial charge is 0.476 e. The van der Waals surface area contributed by atoms with Crippen LogP contribution in [0.1, 0.15) is 28.4 Å². The number of esters is 1. The monoisotopic (exact) mass is 505 g/mol. The topological polar surface area (TPSA) is 94.8 Å². The first-order valence-electron chi connectivity index (χ1n) is 11.3. The number of aryl methyl sites for hydroxylation is 2. The van der Waals surface area contributed by atoms with Crippen LogP contribution in [0.2, 0.25) is 5.02 Å². The van der Waals surface area contributed by atoms with Crippen molar-refractivity contribution in [3.05, 3.63) is 92.6 Å². The normalized spacial score (nSPS) is 10.8. The second kappa shape index (κ2) is 10.7. The zero-order valence-electron chi connectivity index (χ0n) is 20.0. The molecule has 0 bridgehead atoms. The summed E-state index contributed by atoms with van der Waals surface area (Å²) in [5.74, 6) is -1.03. The third kappa shape index (κ3) is 5.26. The Morgan fingerprint density at radius 1 is 1.03 bits per heavy atom. The first kappa shape index (κ1) is 25.0. The van der Waals surface area contributed by atoms with Gasteiger partial charge in [-0.3, -0.25) is 9.59 Å².